The highest BCUT2D eigenvalue weighted by atomic mass is 32.2. The molecule has 9 heteroatoms. The number of halogens is 1. The number of esters is 1. The molecule has 7 nitrogen and oxygen atoms in total. The molecule has 1 aliphatic heterocycles. The first-order valence-corrected chi connectivity index (χ1v) is 8.78. The van der Waals surface area contributed by atoms with Crippen molar-refractivity contribution in [2.45, 2.75) is 24.2 Å². The van der Waals surface area contributed by atoms with Crippen LogP contribution in [0.1, 0.15) is 18.4 Å². The largest absolute Gasteiger partial charge is 0.481 e. The maximum absolute atomic E-state index is 14.0. The van der Waals surface area contributed by atoms with E-state index in [1.165, 1.54) is 19.2 Å². The van der Waals surface area contributed by atoms with Gasteiger partial charge >= 0.3 is 11.9 Å². The first-order chi connectivity index (χ1) is 11.3. The number of methoxy groups -OCH3 is 1. The molecule has 0 bridgehead atoms. The van der Waals surface area contributed by atoms with Gasteiger partial charge in [0.2, 0.25) is 10.0 Å². The van der Waals surface area contributed by atoms with Crippen LogP contribution >= 0.6 is 0 Å². The second kappa shape index (κ2) is 7.27. The molecule has 0 aliphatic carbocycles. The molecule has 0 atom stereocenters. The van der Waals surface area contributed by atoms with E-state index in [1.54, 1.807) is 0 Å². The summed E-state index contributed by atoms with van der Waals surface area (Å²) in [4.78, 5) is 21.9. The number of aliphatic carboxylic acids is 1. The van der Waals surface area contributed by atoms with E-state index in [-0.39, 0.29) is 42.8 Å². The Morgan fingerprint density at radius 3 is 2.46 bits per heavy atom. The Hall–Kier alpha value is -2.00. The van der Waals surface area contributed by atoms with Crippen LogP contribution < -0.4 is 0 Å². The first kappa shape index (κ1) is 18.3. The molecule has 0 amide bonds. The predicted molar refractivity (Wildman–Crippen MR) is 81.2 cm³/mol. The van der Waals surface area contributed by atoms with Crippen molar-refractivity contribution >= 4 is 22.0 Å². The van der Waals surface area contributed by atoms with Gasteiger partial charge in [-0.2, -0.15) is 4.31 Å². The van der Waals surface area contributed by atoms with Crippen LogP contribution in [0.25, 0.3) is 0 Å². The second-order valence-electron chi connectivity index (χ2n) is 5.52. The highest BCUT2D eigenvalue weighted by Crippen LogP contribution is 2.25. The van der Waals surface area contributed by atoms with Gasteiger partial charge in [-0.15, -0.1) is 0 Å². The molecule has 1 N–H and O–H groups in total. The number of carbonyl (C=O) groups is 2. The zero-order valence-electron chi connectivity index (χ0n) is 13.1. The number of ether oxygens (including phenoxy) is 1. The van der Waals surface area contributed by atoms with Crippen LogP contribution in [0.5, 0.6) is 0 Å². The molecule has 1 saturated heterocycles. The molecule has 0 saturated carbocycles. The summed E-state index contributed by atoms with van der Waals surface area (Å²) >= 11 is 0. The first-order valence-electron chi connectivity index (χ1n) is 7.34. The summed E-state index contributed by atoms with van der Waals surface area (Å²) in [7, 11) is -2.72. The molecule has 0 radical (unpaired) electrons. The average molecular weight is 359 g/mol. The van der Waals surface area contributed by atoms with Crippen LogP contribution in [0.2, 0.25) is 0 Å². The minimum atomic E-state index is -3.90. The van der Waals surface area contributed by atoms with Crippen molar-refractivity contribution in [3.05, 3.63) is 29.6 Å². The fourth-order valence-corrected chi connectivity index (χ4v) is 4.03. The zero-order valence-corrected chi connectivity index (χ0v) is 13.9. The van der Waals surface area contributed by atoms with Crippen molar-refractivity contribution in [3.8, 4) is 0 Å². The van der Waals surface area contributed by atoms with Gasteiger partial charge in [-0.25, -0.2) is 12.8 Å². The van der Waals surface area contributed by atoms with Crippen molar-refractivity contribution in [2.75, 3.05) is 20.2 Å². The van der Waals surface area contributed by atoms with Crippen LogP contribution in [-0.4, -0.2) is 50.0 Å². The fraction of sp³-hybridized carbons (Fsp3) is 0.467. The number of rotatable bonds is 5. The number of carboxylic acid groups (broad SMARTS) is 1. The van der Waals surface area contributed by atoms with E-state index in [4.69, 9.17) is 5.11 Å². The van der Waals surface area contributed by atoms with Gasteiger partial charge in [-0.3, -0.25) is 9.59 Å². The van der Waals surface area contributed by atoms with E-state index in [0.717, 1.165) is 10.4 Å². The number of sulfonamides is 1. The van der Waals surface area contributed by atoms with Crippen molar-refractivity contribution < 1.29 is 32.2 Å². The lowest BCUT2D eigenvalue weighted by Gasteiger charge is -2.29. The van der Waals surface area contributed by atoms with E-state index in [0.29, 0.717) is 0 Å². The van der Waals surface area contributed by atoms with E-state index < -0.39 is 33.7 Å². The number of benzene rings is 1. The van der Waals surface area contributed by atoms with Gasteiger partial charge in [0.1, 0.15) is 5.82 Å². The van der Waals surface area contributed by atoms with Gasteiger partial charge in [0, 0.05) is 13.1 Å². The molecule has 1 fully saturated rings. The Morgan fingerprint density at radius 2 is 1.96 bits per heavy atom. The lowest BCUT2D eigenvalue weighted by Crippen LogP contribution is -2.40. The van der Waals surface area contributed by atoms with Crippen molar-refractivity contribution in [2.24, 2.45) is 5.92 Å². The molecule has 1 aromatic carbocycles. The minimum absolute atomic E-state index is 0.0467. The standard InChI is InChI=1S/C15H18FNO6S/c1-23-14(18)8-11-2-3-12(9-13(11)16)24(21,22)17-6-4-10(5-7-17)15(19)20/h2-3,9-10H,4-8H2,1H3,(H,19,20). The summed E-state index contributed by atoms with van der Waals surface area (Å²) in [5.41, 5.74) is 0.0467. The highest BCUT2D eigenvalue weighted by molar-refractivity contribution is 7.89. The molecule has 0 spiro atoms. The van der Waals surface area contributed by atoms with Gasteiger partial charge < -0.3 is 9.84 Å². The van der Waals surface area contributed by atoms with Crippen LogP contribution in [0.4, 0.5) is 4.39 Å². The van der Waals surface area contributed by atoms with E-state index in [1.807, 2.05) is 0 Å². The van der Waals surface area contributed by atoms with Crippen molar-refractivity contribution in [1.82, 2.24) is 4.31 Å². The summed E-state index contributed by atoms with van der Waals surface area (Å²) in [5.74, 6) is -2.93. The number of piperidine rings is 1. The fourth-order valence-electron chi connectivity index (χ4n) is 2.55. The monoisotopic (exact) mass is 359 g/mol. The van der Waals surface area contributed by atoms with E-state index >= 15 is 0 Å². The minimum Gasteiger partial charge on any atom is -0.481 e. The summed E-state index contributed by atoms with van der Waals surface area (Å²) in [6.07, 6.45) is 0.154. The Morgan fingerprint density at radius 1 is 1.33 bits per heavy atom. The van der Waals surface area contributed by atoms with Crippen LogP contribution in [-0.2, 0) is 30.8 Å². The van der Waals surface area contributed by atoms with Crippen LogP contribution in [0.3, 0.4) is 0 Å². The van der Waals surface area contributed by atoms with Gasteiger partial charge in [0.05, 0.1) is 24.3 Å². The van der Waals surface area contributed by atoms with Crippen LogP contribution in [0.15, 0.2) is 23.1 Å². The average Bonchev–Trinajstić information content (AvgIpc) is 2.56. The summed E-state index contributed by atoms with van der Waals surface area (Å²) < 4.78 is 44.7. The molecular weight excluding hydrogens is 341 g/mol. The lowest BCUT2D eigenvalue weighted by atomic mass is 9.99. The maximum Gasteiger partial charge on any atom is 0.310 e. The van der Waals surface area contributed by atoms with Gasteiger partial charge in [-0.1, -0.05) is 6.07 Å². The van der Waals surface area contributed by atoms with Crippen LogP contribution in [0, 0.1) is 11.7 Å². The summed E-state index contributed by atoms with van der Waals surface area (Å²) in [6.45, 7) is 0.148. The Bertz CT molecular complexity index is 740. The number of nitrogens with zero attached hydrogens (tertiary/aromatic N) is 1. The topological polar surface area (TPSA) is 101 Å². The molecule has 0 unspecified atom stereocenters. The third-order valence-electron chi connectivity index (χ3n) is 4.03. The summed E-state index contributed by atoms with van der Waals surface area (Å²) in [6, 6.07) is 3.35. The predicted octanol–water partition coefficient (Wildman–Crippen LogP) is 1.03. The Labute approximate surface area is 139 Å². The third kappa shape index (κ3) is 3.90. The van der Waals surface area contributed by atoms with Crippen molar-refractivity contribution in [1.29, 1.82) is 0 Å². The normalized spacial score (nSPS) is 16.8. The van der Waals surface area contributed by atoms with Gasteiger partial charge in [0.15, 0.2) is 0 Å². The van der Waals surface area contributed by atoms with Gasteiger partial charge in [0.25, 0.3) is 0 Å². The van der Waals surface area contributed by atoms with E-state index in [9.17, 15) is 22.4 Å². The van der Waals surface area contributed by atoms with Gasteiger partial charge in [-0.05, 0) is 30.5 Å². The number of carbonyl (C=O) groups excluding carboxylic acids is 1. The van der Waals surface area contributed by atoms with Crippen molar-refractivity contribution in [3.63, 3.8) is 0 Å². The van der Waals surface area contributed by atoms with E-state index in [2.05, 4.69) is 4.74 Å². The molecule has 1 aliphatic rings. The quantitative estimate of drug-likeness (QED) is 0.788. The second-order valence-corrected chi connectivity index (χ2v) is 7.46. The number of carboxylic acids is 1. The molecule has 1 heterocycles. The molecule has 24 heavy (non-hydrogen) atoms. The molecule has 132 valence electrons. The molecule has 2 rings (SSSR count). The smallest absolute Gasteiger partial charge is 0.310 e. The molecule has 0 aromatic heterocycles. The molecule has 1 aromatic rings. The zero-order chi connectivity index (χ0) is 17.9. The number of hydrogen-bond acceptors (Lipinski definition) is 5. The Balaban J connectivity index is 2.17. The Kier molecular flexibility index (Phi) is 5.55. The third-order valence-corrected chi connectivity index (χ3v) is 5.92. The SMILES string of the molecule is COC(=O)Cc1ccc(S(=O)(=O)N2CCC(C(=O)O)CC2)cc1F. The molecular formula is C15H18FNO6S. The summed E-state index contributed by atoms with van der Waals surface area (Å²) in [5, 5.41) is 8.95. The highest BCUT2D eigenvalue weighted by Gasteiger charge is 2.32. The maximum atomic E-state index is 14.0. The number of hydrogen-bond donors (Lipinski definition) is 1. The lowest BCUT2D eigenvalue weighted by molar-refractivity contribution is -0.143.